The Bertz CT molecular complexity index is 1560. The summed E-state index contributed by atoms with van der Waals surface area (Å²) < 4.78 is 6.81. The number of carbonyl (C=O) groups is 3. The lowest BCUT2D eigenvalue weighted by Crippen LogP contribution is -2.33. The number of aryl methyl sites for hydroxylation is 1. The number of imide groups is 1. The van der Waals surface area contributed by atoms with Gasteiger partial charge in [-0.25, -0.2) is 0 Å². The molecule has 10 nitrogen and oxygen atoms in total. The van der Waals surface area contributed by atoms with Crippen molar-refractivity contribution in [1.29, 1.82) is 0 Å². The number of ether oxygens (including phenoxy) is 1. The maximum absolute atomic E-state index is 13.1. The van der Waals surface area contributed by atoms with Gasteiger partial charge in [-0.05, 0) is 25.1 Å². The smallest absolute Gasteiger partial charge is 0.259 e. The van der Waals surface area contributed by atoms with Gasteiger partial charge in [0.25, 0.3) is 17.7 Å². The highest BCUT2D eigenvalue weighted by Crippen LogP contribution is 2.38. The first kappa shape index (κ1) is 24.4. The molecule has 1 unspecified atom stereocenters. The topological polar surface area (TPSA) is 151 Å². The van der Waals surface area contributed by atoms with Crippen LogP contribution in [-0.2, 0) is 20.9 Å². The van der Waals surface area contributed by atoms with Crippen molar-refractivity contribution in [2.24, 2.45) is 5.73 Å². The average molecular weight is 502 g/mol. The average Bonchev–Trinajstić information content (AvgIpc) is 3.58. The summed E-state index contributed by atoms with van der Waals surface area (Å²) in [6.07, 6.45) is 3.16. The second-order valence-electron chi connectivity index (χ2n) is 8.76. The first-order chi connectivity index (χ1) is 17.9. The number of para-hydroxylation sites is 2. The van der Waals surface area contributed by atoms with E-state index in [1.54, 1.807) is 24.4 Å². The Morgan fingerprint density at radius 1 is 1.08 bits per heavy atom. The Balaban J connectivity index is 1.65. The minimum absolute atomic E-state index is 0.0836. The molecule has 6 N–H and O–H groups in total. The van der Waals surface area contributed by atoms with E-state index < -0.39 is 24.0 Å². The van der Waals surface area contributed by atoms with Gasteiger partial charge in [0.05, 0.1) is 28.8 Å². The number of aliphatic hydroxyl groups excluding tert-OH is 1. The van der Waals surface area contributed by atoms with Gasteiger partial charge in [-0.2, -0.15) is 0 Å². The lowest BCUT2D eigenvalue weighted by Gasteiger charge is -2.10. The molecule has 1 aliphatic rings. The van der Waals surface area contributed by atoms with E-state index in [0.717, 1.165) is 17.3 Å². The van der Waals surface area contributed by atoms with E-state index in [1.165, 1.54) is 7.11 Å². The fourth-order valence-corrected chi connectivity index (χ4v) is 4.77. The molecule has 0 fully saturated rings. The Hall–Kier alpha value is -4.25. The Morgan fingerprint density at radius 3 is 2.57 bits per heavy atom. The number of nitrogens with one attached hydrogen (secondary N) is 3. The zero-order valence-corrected chi connectivity index (χ0v) is 20.2. The number of methoxy groups -OCH3 is 1. The number of hydrogen-bond acceptors (Lipinski definition) is 6. The number of nitrogens with two attached hydrogens (primary N) is 1. The molecule has 3 amide bonds. The molecular formula is C27H27N5O5. The Morgan fingerprint density at radius 2 is 1.81 bits per heavy atom. The predicted molar refractivity (Wildman–Crippen MR) is 139 cm³/mol. The highest BCUT2D eigenvalue weighted by atomic mass is 16.6. The molecule has 5 rings (SSSR count). The summed E-state index contributed by atoms with van der Waals surface area (Å²) in [6.45, 7) is 1.13. The molecule has 0 radical (unpaired) electrons. The summed E-state index contributed by atoms with van der Waals surface area (Å²) >= 11 is 0. The zero-order valence-electron chi connectivity index (χ0n) is 20.2. The maximum atomic E-state index is 13.1. The number of aromatic nitrogens is 2. The van der Waals surface area contributed by atoms with Crippen molar-refractivity contribution in [1.82, 2.24) is 20.2 Å². The first-order valence-corrected chi connectivity index (χ1v) is 11.9. The summed E-state index contributed by atoms with van der Waals surface area (Å²) in [5, 5.41) is 16.1. The maximum Gasteiger partial charge on any atom is 0.259 e. The van der Waals surface area contributed by atoms with Crippen molar-refractivity contribution in [3.05, 3.63) is 71.5 Å². The number of carbonyl (C=O) groups excluding carboxylic acids is 3. The van der Waals surface area contributed by atoms with Crippen molar-refractivity contribution in [3.8, 4) is 0 Å². The van der Waals surface area contributed by atoms with Gasteiger partial charge in [-0.3, -0.25) is 19.7 Å². The number of H-pyrrole nitrogens is 1. The van der Waals surface area contributed by atoms with Gasteiger partial charge < -0.3 is 30.4 Å². The van der Waals surface area contributed by atoms with Crippen LogP contribution >= 0.6 is 0 Å². The fraction of sp³-hybridized carbons (Fsp3) is 0.222. The molecule has 0 saturated heterocycles. The van der Waals surface area contributed by atoms with Crippen LogP contribution in [0.5, 0.6) is 0 Å². The molecule has 190 valence electrons. The number of benzene rings is 2. The number of rotatable bonds is 9. The van der Waals surface area contributed by atoms with Crippen molar-refractivity contribution in [3.63, 3.8) is 0 Å². The molecule has 0 bridgehead atoms. The number of nitrogens with zero attached hydrogens (tertiary/aromatic N) is 1. The van der Waals surface area contributed by atoms with Crippen LogP contribution in [0.3, 0.4) is 0 Å². The standard InChI is InChI=1S/C27H27N5O5/c1-37-21(33)13-30-25(34)17-8-4-7-16-18(12-29-24(16)17)22-23(27(36)31-26(22)35)19-14-32(11-5-10-28)20-9-3-2-6-15(19)20/h2-4,6-9,12,14,21,29,33H,5,10-11,13,28H2,1H3,(H,30,34)(H,31,35,36). The highest BCUT2D eigenvalue weighted by molar-refractivity contribution is 6.50. The van der Waals surface area contributed by atoms with Crippen LogP contribution in [0, 0.1) is 0 Å². The minimum Gasteiger partial charge on any atom is -0.366 e. The van der Waals surface area contributed by atoms with Crippen LogP contribution in [-0.4, -0.2) is 58.9 Å². The Labute approximate surface area is 212 Å². The number of aromatic amines is 1. The van der Waals surface area contributed by atoms with Crippen molar-refractivity contribution in [2.45, 2.75) is 19.3 Å². The van der Waals surface area contributed by atoms with Gasteiger partial charge in [-0.1, -0.05) is 30.3 Å². The van der Waals surface area contributed by atoms with Crippen molar-refractivity contribution >= 4 is 50.7 Å². The van der Waals surface area contributed by atoms with E-state index in [1.807, 2.05) is 35.0 Å². The summed E-state index contributed by atoms with van der Waals surface area (Å²) in [4.78, 5) is 42.1. The van der Waals surface area contributed by atoms with Gasteiger partial charge in [0.1, 0.15) is 0 Å². The number of aliphatic hydroxyl groups is 1. The molecule has 0 spiro atoms. The second-order valence-corrected chi connectivity index (χ2v) is 8.76. The molecule has 2 aromatic carbocycles. The highest BCUT2D eigenvalue weighted by Gasteiger charge is 2.35. The van der Waals surface area contributed by atoms with E-state index in [0.29, 0.717) is 40.7 Å². The monoisotopic (exact) mass is 501 g/mol. The first-order valence-electron chi connectivity index (χ1n) is 11.9. The van der Waals surface area contributed by atoms with Crippen LogP contribution in [0.25, 0.3) is 33.0 Å². The van der Waals surface area contributed by atoms with Crippen LogP contribution in [0.4, 0.5) is 0 Å². The molecule has 1 atom stereocenters. The lowest BCUT2D eigenvalue weighted by atomic mass is 9.95. The van der Waals surface area contributed by atoms with Crippen LogP contribution in [0.2, 0.25) is 0 Å². The normalized spacial score (nSPS) is 14.6. The van der Waals surface area contributed by atoms with E-state index in [9.17, 15) is 19.5 Å². The predicted octanol–water partition coefficient (Wildman–Crippen LogP) is 1.73. The summed E-state index contributed by atoms with van der Waals surface area (Å²) in [5.41, 5.74) is 9.20. The third kappa shape index (κ3) is 4.31. The molecule has 1 aliphatic heterocycles. The molecule has 3 heterocycles. The third-order valence-corrected chi connectivity index (χ3v) is 6.53. The zero-order chi connectivity index (χ0) is 26.1. The van der Waals surface area contributed by atoms with E-state index in [2.05, 4.69) is 15.6 Å². The molecule has 4 aromatic rings. The number of amides is 3. The summed E-state index contributed by atoms with van der Waals surface area (Å²) in [7, 11) is 1.34. The SMILES string of the molecule is COC(O)CNC(=O)c1cccc2c(C3=C(c4cn(CCCN)c5ccccc45)C(=O)NC3=O)c[nH]c12. The van der Waals surface area contributed by atoms with Crippen LogP contribution in [0.1, 0.15) is 27.9 Å². The third-order valence-electron chi connectivity index (χ3n) is 6.53. The van der Waals surface area contributed by atoms with Gasteiger partial charge in [0.2, 0.25) is 0 Å². The van der Waals surface area contributed by atoms with E-state index >= 15 is 0 Å². The molecule has 2 aromatic heterocycles. The molecule has 0 saturated carbocycles. The van der Waals surface area contributed by atoms with Crippen molar-refractivity contribution < 1.29 is 24.2 Å². The minimum atomic E-state index is -1.13. The quantitative estimate of drug-likeness (QED) is 0.174. The molecule has 0 aliphatic carbocycles. The number of fused-ring (bicyclic) bond motifs is 2. The molecular weight excluding hydrogens is 474 g/mol. The van der Waals surface area contributed by atoms with E-state index in [4.69, 9.17) is 10.5 Å². The summed E-state index contributed by atoms with van der Waals surface area (Å²) in [5.74, 6) is -1.39. The van der Waals surface area contributed by atoms with Gasteiger partial charge in [0.15, 0.2) is 6.29 Å². The lowest BCUT2D eigenvalue weighted by molar-refractivity contribution is -0.122. The molecule has 37 heavy (non-hydrogen) atoms. The second kappa shape index (κ2) is 10.0. The van der Waals surface area contributed by atoms with Gasteiger partial charge in [-0.15, -0.1) is 0 Å². The Kier molecular flexibility index (Phi) is 6.62. The molecule has 10 heteroatoms. The number of hydrogen-bond donors (Lipinski definition) is 5. The largest absolute Gasteiger partial charge is 0.366 e. The van der Waals surface area contributed by atoms with Crippen molar-refractivity contribution in [2.75, 3.05) is 20.2 Å². The van der Waals surface area contributed by atoms with Crippen LogP contribution in [0.15, 0.2) is 54.9 Å². The van der Waals surface area contributed by atoms with Crippen LogP contribution < -0.4 is 16.4 Å². The summed E-state index contributed by atoms with van der Waals surface area (Å²) in [6, 6.07) is 12.8. The van der Waals surface area contributed by atoms with Gasteiger partial charge >= 0.3 is 0 Å². The van der Waals surface area contributed by atoms with Gasteiger partial charge in [0, 0.05) is 53.5 Å². The fourth-order valence-electron chi connectivity index (χ4n) is 4.77. The van der Waals surface area contributed by atoms with E-state index in [-0.39, 0.29) is 17.7 Å².